The molecule has 2 aliphatic rings. The van der Waals surface area contributed by atoms with Gasteiger partial charge < -0.3 is 25.6 Å². The Morgan fingerprint density at radius 1 is 1.10 bits per heavy atom. The molecule has 4 N–H and O–H groups in total. The quantitative estimate of drug-likeness (QED) is 0.500. The molecule has 1 aromatic heterocycles. The van der Waals surface area contributed by atoms with Crippen molar-refractivity contribution in [2.24, 2.45) is 0 Å². The van der Waals surface area contributed by atoms with Crippen molar-refractivity contribution < 1.29 is 50.9 Å². The molecule has 0 bridgehead atoms. The lowest BCUT2D eigenvalue weighted by Gasteiger charge is -2.27. The minimum absolute atomic E-state index is 0.131. The van der Waals surface area contributed by atoms with Crippen molar-refractivity contribution in [3.63, 3.8) is 0 Å². The summed E-state index contributed by atoms with van der Waals surface area (Å²) in [6.07, 6.45) is -4.51. The van der Waals surface area contributed by atoms with Gasteiger partial charge in [-0.05, 0) is 25.3 Å². The van der Waals surface area contributed by atoms with E-state index < -0.39 is 24.3 Å². The van der Waals surface area contributed by atoms with E-state index in [0.717, 1.165) is 24.8 Å². The van der Waals surface area contributed by atoms with Crippen LogP contribution in [-0.2, 0) is 14.3 Å². The van der Waals surface area contributed by atoms with Crippen LogP contribution in [0, 0.1) is 0 Å². The van der Waals surface area contributed by atoms with Crippen LogP contribution in [0.25, 0.3) is 0 Å². The maximum Gasteiger partial charge on any atom is 0.490 e. The number of alkyl halides is 6. The highest BCUT2D eigenvalue weighted by molar-refractivity contribution is 5.73. The fourth-order valence-electron chi connectivity index (χ4n) is 2.12. The van der Waals surface area contributed by atoms with Crippen molar-refractivity contribution in [2.75, 3.05) is 25.1 Å². The number of carbonyl (C=O) groups is 2. The van der Waals surface area contributed by atoms with Gasteiger partial charge in [0.05, 0.1) is 19.3 Å². The molecule has 0 amide bonds. The van der Waals surface area contributed by atoms with E-state index in [-0.39, 0.29) is 6.04 Å². The summed E-state index contributed by atoms with van der Waals surface area (Å²) in [7, 11) is 0. The normalized spacial score (nSPS) is 19.0. The number of hydrogen-bond donors (Lipinski definition) is 4. The van der Waals surface area contributed by atoms with E-state index in [1.165, 1.54) is 19.3 Å². The van der Waals surface area contributed by atoms with Crippen LogP contribution in [0.1, 0.15) is 31.1 Å². The molecule has 176 valence electrons. The van der Waals surface area contributed by atoms with Crippen molar-refractivity contribution in [3.8, 4) is 0 Å². The Labute approximate surface area is 171 Å². The van der Waals surface area contributed by atoms with Crippen molar-refractivity contribution >= 4 is 17.8 Å². The monoisotopic (exact) mass is 462 g/mol. The molecule has 0 spiro atoms. The lowest BCUT2D eigenvalue weighted by atomic mass is 9.93. The van der Waals surface area contributed by atoms with Gasteiger partial charge in [-0.1, -0.05) is 0 Å². The van der Waals surface area contributed by atoms with Crippen LogP contribution in [0.4, 0.5) is 32.2 Å². The second kappa shape index (κ2) is 11.6. The zero-order valence-corrected chi connectivity index (χ0v) is 15.8. The van der Waals surface area contributed by atoms with E-state index in [1.54, 1.807) is 0 Å². The van der Waals surface area contributed by atoms with Gasteiger partial charge in [0.1, 0.15) is 11.6 Å². The lowest BCUT2D eigenvalue weighted by molar-refractivity contribution is -0.193. The van der Waals surface area contributed by atoms with Crippen molar-refractivity contribution in [2.45, 2.75) is 43.7 Å². The molecule has 0 radical (unpaired) electrons. The molecule has 2 fully saturated rings. The van der Waals surface area contributed by atoms with E-state index in [2.05, 4.69) is 20.6 Å². The predicted octanol–water partition coefficient (Wildman–Crippen LogP) is 2.37. The summed E-state index contributed by atoms with van der Waals surface area (Å²) in [5.74, 6) is -3.75. The van der Waals surface area contributed by atoms with E-state index >= 15 is 0 Å². The number of anilines is 1. The average Bonchev–Trinajstić information content (AvgIpc) is 2.65. The second-order valence-corrected chi connectivity index (χ2v) is 6.26. The van der Waals surface area contributed by atoms with Gasteiger partial charge in [-0.15, -0.1) is 0 Å². The minimum Gasteiger partial charge on any atom is -0.475 e. The highest BCUT2D eigenvalue weighted by Gasteiger charge is 2.38. The van der Waals surface area contributed by atoms with Gasteiger partial charge in [0.2, 0.25) is 0 Å². The first-order valence-electron chi connectivity index (χ1n) is 8.81. The number of ether oxygens (including phenoxy) is 1. The maximum absolute atomic E-state index is 10.6. The third-order valence-electron chi connectivity index (χ3n) is 3.85. The topological polar surface area (TPSA) is 134 Å². The highest BCUT2D eigenvalue weighted by atomic mass is 19.4. The van der Waals surface area contributed by atoms with Gasteiger partial charge in [0, 0.05) is 18.8 Å². The number of carboxylic acids is 2. The number of morpholine rings is 1. The standard InChI is InChI=1S/C12H18N4O.2C2HF3O2/c1-2-9(3-1)15-11-4-5-14-12(16-11)10-8-17-7-6-13-10;2*3-2(4,5)1(6)7/h4-5,9-10,13H,1-3,6-8H2,(H,14,15,16);2*(H,6,7). The summed E-state index contributed by atoms with van der Waals surface area (Å²) in [4.78, 5) is 26.7. The second-order valence-electron chi connectivity index (χ2n) is 6.26. The Morgan fingerprint density at radius 3 is 2.03 bits per heavy atom. The number of halogens is 6. The first-order valence-corrected chi connectivity index (χ1v) is 8.81. The molecule has 31 heavy (non-hydrogen) atoms. The average molecular weight is 462 g/mol. The Bertz CT molecular complexity index is 697. The van der Waals surface area contributed by atoms with Crippen LogP contribution in [0.15, 0.2) is 12.3 Å². The van der Waals surface area contributed by atoms with Crippen LogP contribution in [0.3, 0.4) is 0 Å². The Kier molecular flexibility index (Phi) is 9.90. The molecule has 1 aliphatic heterocycles. The maximum atomic E-state index is 10.6. The number of carboxylic acid groups (broad SMARTS) is 2. The molecular weight excluding hydrogens is 442 g/mol. The minimum atomic E-state index is -5.08. The Hall–Kier alpha value is -2.68. The molecule has 0 aromatic carbocycles. The largest absolute Gasteiger partial charge is 0.490 e. The van der Waals surface area contributed by atoms with E-state index in [0.29, 0.717) is 12.6 Å². The summed E-state index contributed by atoms with van der Waals surface area (Å²) in [5, 5.41) is 21.1. The molecule has 2 heterocycles. The van der Waals surface area contributed by atoms with Gasteiger partial charge in [-0.2, -0.15) is 26.3 Å². The molecule has 1 aliphatic carbocycles. The summed E-state index contributed by atoms with van der Waals surface area (Å²) in [6, 6.07) is 2.67. The van der Waals surface area contributed by atoms with Crippen LogP contribution in [-0.4, -0.2) is 70.3 Å². The number of hydrogen-bond acceptors (Lipinski definition) is 7. The molecule has 1 saturated heterocycles. The van der Waals surface area contributed by atoms with Crippen LogP contribution in [0.5, 0.6) is 0 Å². The molecule has 9 nitrogen and oxygen atoms in total. The molecule has 15 heteroatoms. The van der Waals surface area contributed by atoms with Gasteiger partial charge in [-0.3, -0.25) is 0 Å². The predicted molar refractivity (Wildman–Crippen MR) is 92.2 cm³/mol. The van der Waals surface area contributed by atoms with E-state index in [4.69, 9.17) is 24.5 Å². The number of nitrogens with zero attached hydrogens (tertiary/aromatic N) is 2. The summed E-state index contributed by atoms with van der Waals surface area (Å²) >= 11 is 0. The van der Waals surface area contributed by atoms with E-state index in [1.807, 2.05) is 12.3 Å². The summed E-state index contributed by atoms with van der Waals surface area (Å²) in [6.45, 7) is 2.30. The van der Waals surface area contributed by atoms with Crippen LogP contribution in [0.2, 0.25) is 0 Å². The summed E-state index contributed by atoms with van der Waals surface area (Å²) in [5.41, 5.74) is 0. The fourth-order valence-corrected chi connectivity index (χ4v) is 2.12. The number of aliphatic carboxylic acids is 2. The summed E-state index contributed by atoms with van der Waals surface area (Å²) < 4.78 is 68.9. The van der Waals surface area contributed by atoms with Gasteiger partial charge >= 0.3 is 24.3 Å². The van der Waals surface area contributed by atoms with Gasteiger partial charge in [-0.25, -0.2) is 19.6 Å². The Balaban J connectivity index is 0.000000288. The van der Waals surface area contributed by atoms with Crippen LogP contribution >= 0.6 is 0 Å². The molecule has 1 atom stereocenters. The van der Waals surface area contributed by atoms with Gasteiger partial charge in [0.15, 0.2) is 0 Å². The van der Waals surface area contributed by atoms with Crippen molar-refractivity contribution in [1.29, 1.82) is 0 Å². The molecule has 1 unspecified atom stereocenters. The van der Waals surface area contributed by atoms with Gasteiger partial charge in [0.25, 0.3) is 0 Å². The molecule has 1 aromatic rings. The number of rotatable bonds is 3. The first kappa shape index (κ1) is 26.4. The third-order valence-corrected chi connectivity index (χ3v) is 3.85. The first-order chi connectivity index (χ1) is 14.3. The Morgan fingerprint density at radius 2 is 1.65 bits per heavy atom. The SMILES string of the molecule is O=C(O)C(F)(F)F.O=C(O)C(F)(F)F.c1cc(NC2CCC2)nc(C2COCCN2)n1. The third kappa shape index (κ3) is 10.3. The van der Waals surface area contributed by atoms with E-state index in [9.17, 15) is 26.3 Å². The molecular formula is C16H20F6N4O5. The zero-order valence-electron chi connectivity index (χ0n) is 15.8. The van der Waals surface area contributed by atoms with Crippen LogP contribution < -0.4 is 10.6 Å². The highest BCUT2D eigenvalue weighted by Crippen LogP contribution is 2.22. The molecule has 1 saturated carbocycles. The van der Waals surface area contributed by atoms with Crippen molar-refractivity contribution in [1.82, 2.24) is 15.3 Å². The zero-order chi connectivity index (χ0) is 23.7. The number of nitrogens with one attached hydrogen (secondary N) is 2. The van der Waals surface area contributed by atoms with Crippen molar-refractivity contribution in [3.05, 3.63) is 18.1 Å². The fraction of sp³-hybridized carbons (Fsp3) is 0.625. The smallest absolute Gasteiger partial charge is 0.475 e. The molecule has 3 rings (SSSR count). The lowest BCUT2D eigenvalue weighted by Crippen LogP contribution is -2.36. The number of aromatic nitrogens is 2.